The summed E-state index contributed by atoms with van der Waals surface area (Å²) in [4.78, 5) is 10.8. The van der Waals surface area contributed by atoms with E-state index in [1.807, 2.05) is 23.1 Å². The largest absolute Gasteiger partial charge is 0.369 e. The van der Waals surface area contributed by atoms with Gasteiger partial charge in [0.05, 0.1) is 17.6 Å². The zero-order valence-corrected chi connectivity index (χ0v) is 12.2. The van der Waals surface area contributed by atoms with Crippen LogP contribution in [0.25, 0.3) is 0 Å². The zero-order chi connectivity index (χ0) is 14.7. The Labute approximate surface area is 125 Å². The average molecular weight is 281 g/mol. The predicted molar refractivity (Wildman–Crippen MR) is 85.8 cm³/mol. The molecule has 0 radical (unpaired) electrons. The maximum absolute atomic E-state index is 9.45. The van der Waals surface area contributed by atoms with E-state index in [-0.39, 0.29) is 0 Å². The number of nitriles is 1. The van der Waals surface area contributed by atoms with Crippen LogP contribution < -0.4 is 9.80 Å². The van der Waals surface area contributed by atoms with Crippen LogP contribution in [0.3, 0.4) is 0 Å². The van der Waals surface area contributed by atoms with Crippen molar-refractivity contribution in [2.24, 2.45) is 4.99 Å². The second kappa shape index (κ2) is 5.98. The summed E-state index contributed by atoms with van der Waals surface area (Å²) in [6.45, 7) is 4.90. The smallest absolute Gasteiger partial charge is 0.101 e. The molecular weight excluding hydrogens is 262 g/mol. The van der Waals surface area contributed by atoms with Crippen molar-refractivity contribution >= 4 is 17.7 Å². The Morgan fingerprint density at radius 3 is 2.67 bits per heavy atom. The molecule has 0 aliphatic carbocycles. The molecule has 1 saturated heterocycles. The third kappa shape index (κ3) is 2.91. The van der Waals surface area contributed by atoms with E-state index in [4.69, 9.17) is 0 Å². The van der Waals surface area contributed by atoms with E-state index in [0.717, 1.165) is 44.1 Å². The van der Waals surface area contributed by atoms with Crippen molar-refractivity contribution in [3.63, 3.8) is 0 Å². The molecule has 1 aromatic rings. The molecule has 5 nitrogen and oxygen atoms in total. The summed E-state index contributed by atoms with van der Waals surface area (Å²) < 4.78 is 0. The monoisotopic (exact) mass is 281 g/mol. The van der Waals surface area contributed by atoms with Crippen molar-refractivity contribution in [3.05, 3.63) is 36.0 Å². The van der Waals surface area contributed by atoms with Crippen molar-refractivity contribution < 1.29 is 0 Å². The summed E-state index contributed by atoms with van der Waals surface area (Å²) in [5.41, 5.74) is 2.75. The highest BCUT2D eigenvalue weighted by Crippen LogP contribution is 2.26. The van der Waals surface area contributed by atoms with Crippen LogP contribution in [-0.2, 0) is 0 Å². The number of nitrogens with zero attached hydrogens (tertiary/aromatic N) is 5. The van der Waals surface area contributed by atoms with Crippen molar-refractivity contribution in [2.45, 2.75) is 0 Å². The van der Waals surface area contributed by atoms with E-state index in [9.17, 15) is 5.26 Å². The fourth-order valence-corrected chi connectivity index (χ4v) is 2.67. The fourth-order valence-electron chi connectivity index (χ4n) is 2.67. The van der Waals surface area contributed by atoms with Gasteiger partial charge in [-0.2, -0.15) is 5.26 Å². The Morgan fingerprint density at radius 1 is 1.19 bits per heavy atom. The van der Waals surface area contributed by atoms with Crippen LogP contribution in [0.2, 0.25) is 0 Å². The lowest BCUT2D eigenvalue weighted by molar-refractivity contribution is 0.313. The van der Waals surface area contributed by atoms with E-state index in [2.05, 4.69) is 34.0 Å². The molecular formula is C16H19N5. The van der Waals surface area contributed by atoms with Gasteiger partial charge in [-0.3, -0.25) is 0 Å². The topological polar surface area (TPSA) is 45.9 Å². The van der Waals surface area contributed by atoms with Crippen LogP contribution in [0.1, 0.15) is 5.56 Å². The molecule has 108 valence electrons. The molecule has 0 spiro atoms. The summed E-state index contributed by atoms with van der Waals surface area (Å²) in [5, 5.41) is 9.45. The maximum Gasteiger partial charge on any atom is 0.101 e. The van der Waals surface area contributed by atoms with Crippen LogP contribution in [0.5, 0.6) is 0 Å². The summed E-state index contributed by atoms with van der Waals surface area (Å²) >= 11 is 0. The van der Waals surface area contributed by atoms with E-state index < -0.39 is 0 Å². The third-order valence-electron chi connectivity index (χ3n) is 3.98. The number of benzene rings is 1. The highest BCUT2D eigenvalue weighted by Gasteiger charge is 2.17. The predicted octanol–water partition coefficient (Wildman–Crippen LogP) is 1.67. The number of aliphatic imine (C=N–C) groups is 1. The Kier molecular flexibility index (Phi) is 3.89. The first-order valence-electron chi connectivity index (χ1n) is 7.20. The minimum absolute atomic E-state index is 0.702. The van der Waals surface area contributed by atoms with Gasteiger partial charge in [0.15, 0.2) is 0 Å². The SMILES string of the molecule is CN1CCN(c2ccc(N3C=NC=CC3)c(C#N)c2)CC1. The van der Waals surface area contributed by atoms with Gasteiger partial charge in [0, 0.05) is 44.6 Å². The fraction of sp³-hybridized carbons (Fsp3) is 0.375. The zero-order valence-electron chi connectivity index (χ0n) is 12.2. The number of hydrogen-bond acceptors (Lipinski definition) is 5. The number of rotatable bonds is 2. The van der Waals surface area contributed by atoms with E-state index in [1.54, 1.807) is 12.5 Å². The number of hydrogen-bond donors (Lipinski definition) is 0. The van der Waals surface area contributed by atoms with Gasteiger partial charge in [0.2, 0.25) is 0 Å². The maximum atomic E-state index is 9.45. The quantitative estimate of drug-likeness (QED) is 0.827. The van der Waals surface area contributed by atoms with Crippen molar-refractivity contribution in [3.8, 4) is 6.07 Å². The number of likely N-dealkylation sites (N-methyl/N-ethyl adjacent to an activating group) is 1. The van der Waals surface area contributed by atoms with Crippen LogP contribution in [0.15, 0.2) is 35.5 Å². The molecule has 1 aromatic carbocycles. The van der Waals surface area contributed by atoms with Gasteiger partial charge in [0.25, 0.3) is 0 Å². The van der Waals surface area contributed by atoms with Crippen LogP contribution in [0.4, 0.5) is 11.4 Å². The third-order valence-corrected chi connectivity index (χ3v) is 3.98. The van der Waals surface area contributed by atoms with Crippen LogP contribution >= 0.6 is 0 Å². The minimum Gasteiger partial charge on any atom is -0.369 e. The molecule has 0 bridgehead atoms. The summed E-state index contributed by atoms with van der Waals surface area (Å²) in [6.07, 6.45) is 5.53. The Hall–Kier alpha value is -2.32. The number of anilines is 2. The van der Waals surface area contributed by atoms with Gasteiger partial charge in [-0.1, -0.05) is 0 Å². The lowest BCUT2D eigenvalue weighted by Gasteiger charge is -2.34. The number of piperazine rings is 1. The highest BCUT2D eigenvalue weighted by atomic mass is 15.2. The van der Waals surface area contributed by atoms with E-state index >= 15 is 0 Å². The van der Waals surface area contributed by atoms with Gasteiger partial charge >= 0.3 is 0 Å². The average Bonchev–Trinajstić information content (AvgIpc) is 2.56. The molecule has 1 fully saturated rings. The van der Waals surface area contributed by atoms with Crippen molar-refractivity contribution in [1.29, 1.82) is 5.26 Å². The molecule has 0 atom stereocenters. The van der Waals surface area contributed by atoms with E-state index in [0.29, 0.717) is 5.56 Å². The summed E-state index contributed by atoms with van der Waals surface area (Å²) in [6, 6.07) is 8.44. The minimum atomic E-state index is 0.702. The van der Waals surface area contributed by atoms with Crippen molar-refractivity contribution in [1.82, 2.24) is 4.90 Å². The van der Waals surface area contributed by atoms with Gasteiger partial charge in [-0.15, -0.1) is 0 Å². The molecule has 3 rings (SSSR count). The second-order valence-electron chi connectivity index (χ2n) is 5.41. The first-order chi connectivity index (χ1) is 10.3. The molecule has 5 heteroatoms. The molecule has 0 saturated carbocycles. The molecule has 0 aromatic heterocycles. The first-order valence-corrected chi connectivity index (χ1v) is 7.20. The standard InChI is InChI=1S/C16H19N5/c1-19-7-9-20(10-8-19)15-3-4-16(14(11-15)12-17)21-6-2-5-18-13-21/h2-5,11,13H,6-10H2,1H3. The molecule has 0 amide bonds. The highest BCUT2D eigenvalue weighted by molar-refractivity contribution is 5.84. The summed E-state index contributed by atoms with van der Waals surface area (Å²) in [7, 11) is 2.14. The molecule has 2 aliphatic heterocycles. The lowest BCUT2D eigenvalue weighted by atomic mass is 10.1. The molecule has 2 aliphatic rings. The van der Waals surface area contributed by atoms with Gasteiger partial charge in [-0.05, 0) is 31.3 Å². The van der Waals surface area contributed by atoms with Gasteiger partial charge in [0.1, 0.15) is 6.07 Å². The van der Waals surface area contributed by atoms with Gasteiger partial charge in [-0.25, -0.2) is 4.99 Å². The van der Waals surface area contributed by atoms with Crippen LogP contribution in [-0.4, -0.2) is 51.0 Å². The first kappa shape index (κ1) is 13.7. The molecule has 0 N–H and O–H groups in total. The molecule has 21 heavy (non-hydrogen) atoms. The Bertz CT molecular complexity index is 606. The lowest BCUT2D eigenvalue weighted by Crippen LogP contribution is -2.44. The second-order valence-corrected chi connectivity index (χ2v) is 5.41. The Balaban J connectivity index is 1.84. The molecule has 2 heterocycles. The van der Waals surface area contributed by atoms with E-state index in [1.165, 1.54) is 0 Å². The van der Waals surface area contributed by atoms with Gasteiger partial charge < -0.3 is 14.7 Å². The Morgan fingerprint density at radius 2 is 2.00 bits per heavy atom. The van der Waals surface area contributed by atoms with Crippen LogP contribution in [0, 0.1) is 11.3 Å². The van der Waals surface area contributed by atoms with Crippen molar-refractivity contribution in [2.75, 3.05) is 49.6 Å². The molecule has 0 unspecified atom stereocenters. The summed E-state index contributed by atoms with van der Waals surface area (Å²) in [5.74, 6) is 0. The normalized spacial score (nSPS) is 18.9.